The second-order valence-corrected chi connectivity index (χ2v) is 8.33. The van der Waals surface area contributed by atoms with Crippen molar-refractivity contribution in [1.82, 2.24) is 15.6 Å². The van der Waals surface area contributed by atoms with Gasteiger partial charge in [-0.1, -0.05) is 32.0 Å². The molecule has 0 unspecified atom stereocenters. The third-order valence-electron chi connectivity index (χ3n) is 5.44. The average Bonchev–Trinajstić information content (AvgIpc) is 3.20. The van der Waals surface area contributed by atoms with E-state index in [-0.39, 0.29) is 17.7 Å². The van der Waals surface area contributed by atoms with E-state index in [0.717, 1.165) is 22.2 Å². The van der Waals surface area contributed by atoms with Gasteiger partial charge in [-0.25, -0.2) is 0 Å². The van der Waals surface area contributed by atoms with Crippen molar-refractivity contribution in [2.45, 2.75) is 34.6 Å². The van der Waals surface area contributed by atoms with Gasteiger partial charge in [0, 0.05) is 36.3 Å². The average molecular weight is 418 g/mol. The van der Waals surface area contributed by atoms with E-state index in [1.807, 2.05) is 33.0 Å². The number of nitrogens with one attached hydrogen (secondary N) is 3. The number of aromatic nitrogens is 1. The molecule has 2 aromatic carbocycles. The quantitative estimate of drug-likeness (QED) is 0.384. The Bertz CT molecular complexity index is 1140. The van der Waals surface area contributed by atoms with E-state index in [9.17, 15) is 9.59 Å². The Hall–Kier alpha value is -3.34. The van der Waals surface area contributed by atoms with Gasteiger partial charge in [0.15, 0.2) is 0 Å². The third kappa shape index (κ3) is 5.43. The topological polar surface area (TPSA) is 74.0 Å². The second-order valence-electron chi connectivity index (χ2n) is 8.33. The molecule has 0 saturated heterocycles. The second kappa shape index (κ2) is 9.65. The standard InChI is InChI=1S/C26H31N3O2/c1-16(2)25(30)28-10-11-29-26(31)19(5)13-22-12-18(4)23(14-17(22)3)20-6-7-24-21(15-20)8-9-27-24/h6-9,12-16,27H,10-11H2,1-5H3,(H,28,30)(H,29,31)/b19-13+. The largest absolute Gasteiger partial charge is 0.361 e. The Balaban J connectivity index is 1.71. The summed E-state index contributed by atoms with van der Waals surface area (Å²) in [6, 6.07) is 12.8. The SMILES string of the molecule is C/C(=C\c1cc(C)c(-c2ccc3[nH]ccc3c2)cc1C)C(=O)NCCNC(=O)C(C)C. The summed E-state index contributed by atoms with van der Waals surface area (Å²) in [5.74, 6) is -0.197. The molecule has 162 valence electrons. The molecule has 0 atom stereocenters. The number of fused-ring (bicyclic) bond motifs is 1. The predicted molar refractivity (Wildman–Crippen MR) is 128 cm³/mol. The zero-order chi connectivity index (χ0) is 22.5. The van der Waals surface area contributed by atoms with Crippen LogP contribution in [0.4, 0.5) is 0 Å². The van der Waals surface area contributed by atoms with Crippen molar-refractivity contribution < 1.29 is 9.59 Å². The first-order chi connectivity index (χ1) is 14.8. The van der Waals surface area contributed by atoms with E-state index in [1.165, 1.54) is 16.5 Å². The molecule has 3 rings (SSSR count). The van der Waals surface area contributed by atoms with Crippen LogP contribution in [0, 0.1) is 19.8 Å². The fourth-order valence-corrected chi connectivity index (χ4v) is 3.53. The zero-order valence-electron chi connectivity index (χ0n) is 18.9. The van der Waals surface area contributed by atoms with E-state index in [2.05, 4.69) is 65.9 Å². The van der Waals surface area contributed by atoms with Crippen molar-refractivity contribution in [3.8, 4) is 11.1 Å². The zero-order valence-corrected chi connectivity index (χ0v) is 18.9. The fraction of sp³-hybridized carbons (Fsp3) is 0.308. The van der Waals surface area contributed by atoms with Crippen molar-refractivity contribution in [3.63, 3.8) is 0 Å². The van der Waals surface area contributed by atoms with Gasteiger partial charge in [-0.05, 0) is 78.2 Å². The molecule has 0 bridgehead atoms. The number of hydrogen-bond acceptors (Lipinski definition) is 2. The van der Waals surface area contributed by atoms with Gasteiger partial charge >= 0.3 is 0 Å². The van der Waals surface area contributed by atoms with Crippen molar-refractivity contribution in [2.24, 2.45) is 5.92 Å². The number of H-pyrrole nitrogens is 1. The lowest BCUT2D eigenvalue weighted by atomic mass is 9.93. The van der Waals surface area contributed by atoms with Crippen molar-refractivity contribution in [3.05, 3.63) is 64.9 Å². The highest BCUT2D eigenvalue weighted by Gasteiger charge is 2.10. The van der Waals surface area contributed by atoms with Crippen molar-refractivity contribution in [2.75, 3.05) is 13.1 Å². The van der Waals surface area contributed by atoms with Crippen LogP contribution in [0.3, 0.4) is 0 Å². The Kier molecular flexibility index (Phi) is 6.95. The third-order valence-corrected chi connectivity index (χ3v) is 5.44. The first-order valence-corrected chi connectivity index (χ1v) is 10.7. The number of hydrogen-bond donors (Lipinski definition) is 3. The summed E-state index contributed by atoms with van der Waals surface area (Å²) in [5, 5.41) is 6.85. The molecule has 1 aromatic heterocycles. The molecule has 1 heterocycles. The molecule has 5 nitrogen and oxygen atoms in total. The molecular weight excluding hydrogens is 386 g/mol. The van der Waals surface area contributed by atoms with Gasteiger partial charge in [-0.15, -0.1) is 0 Å². The number of aryl methyl sites for hydroxylation is 2. The number of amides is 2. The molecule has 0 aliphatic heterocycles. The molecule has 31 heavy (non-hydrogen) atoms. The van der Waals surface area contributed by atoms with E-state index in [1.54, 1.807) is 0 Å². The number of carbonyl (C=O) groups excluding carboxylic acids is 2. The van der Waals surface area contributed by atoms with Gasteiger partial charge in [-0.3, -0.25) is 9.59 Å². The monoisotopic (exact) mass is 417 g/mol. The lowest BCUT2D eigenvalue weighted by Crippen LogP contribution is -2.36. The molecule has 0 fully saturated rings. The fourth-order valence-electron chi connectivity index (χ4n) is 3.53. The van der Waals surface area contributed by atoms with Crippen molar-refractivity contribution >= 4 is 28.8 Å². The van der Waals surface area contributed by atoms with E-state index in [0.29, 0.717) is 18.7 Å². The Labute approximate surface area is 183 Å². The molecule has 0 spiro atoms. The van der Waals surface area contributed by atoms with Crippen LogP contribution < -0.4 is 10.6 Å². The minimum atomic E-state index is -0.127. The molecule has 0 aliphatic rings. The van der Waals surface area contributed by atoms with Gasteiger partial charge < -0.3 is 15.6 Å². The minimum Gasteiger partial charge on any atom is -0.361 e. The molecule has 0 aliphatic carbocycles. The van der Waals surface area contributed by atoms with Crippen LogP contribution in [0.25, 0.3) is 28.1 Å². The molecule has 2 amide bonds. The van der Waals surface area contributed by atoms with Crippen LogP contribution >= 0.6 is 0 Å². The number of rotatable bonds is 7. The normalized spacial score (nSPS) is 11.7. The van der Waals surface area contributed by atoms with Gasteiger partial charge in [-0.2, -0.15) is 0 Å². The van der Waals surface area contributed by atoms with Crippen LogP contribution in [0.2, 0.25) is 0 Å². The van der Waals surface area contributed by atoms with E-state index in [4.69, 9.17) is 0 Å². The smallest absolute Gasteiger partial charge is 0.246 e. The van der Waals surface area contributed by atoms with Gasteiger partial charge in [0.1, 0.15) is 0 Å². The first-order valence-electron chi connectivity index (χ1n) is 10.7. The molecule has 3 aromatic rings. The molecule has 0 radical (unpaired) electrons. The number of carbonyl (C=O) groups is 2. The van der Waals surface area contributed by atoms with Crippen LogP contribution in [0.5, 0.6) is 0 Å². The molecule has 5 heteroatoms. The summed E-state index contributed by atoms with van der Waals surface area (Å²) in [6.07, 6.45) is 3.87. The lowest BCUT2D eigenvalue weighted by Gasteiger charge is -2.12. The lowest BCUT2D eigenvalue weighted by molar-refractivity contribution is -0.124. The highest BCUT2D eigenvalue weighted by molar-refractivity contribution is 5.97. The maximum atomic E-state index is 12.4. The number of aromatic amines is 1. The maximum absolute atomic E-state index is 12.4. The Morgan fingerprint density at radius 1 is 1.00 bits per heavy atom. The predicted octanol–water partition coefficient (Wildman–Crippen LogP) is 4.74. The molecule has 0 saturated carbocycles. The van der Waals surface area contributed by atoms with Crippen molar-refractivity contribution in [1.29, 1.82) is 0 Å². The summed E-state index contributed by atoms with van der Waals surface area (Å²) in [7, 11) is 0. The van der Waals surface area contributed by atoms with Gasteiger partial charge in [0.2, 0.25) is 11.8 Å². The van der Waals surface area contributed by atoms with Crippen LogP contribution in [0.1, 0.15) is 37.5 Å². The summed E-state index contributed by atoms with van der Waals surface area (Å²) < 4.78 is 0. The summed E-state index contributed by atoms with van der Waals surface area (Å²) in [5.41, 5.74) is 7.45. The molecular formula is C26H31N3O2. The first kappa shape index (κ1) is 22.3. The highest BCUT2D eigenvalue weighted by Crippen LogP contribution is 2.30. The summed E-state index contributed by atoms with van der Waals surface area (Å²) in [4.78, 5) is 27.2. The van der Waals surface area contributed by atoms with Crippen LogP contribution in [-0.4, -0.2) is 29.9 Å². The van der Waals surface area contributed by atoms with Gasteiger partial charge in [0.25, 0.3) is 0 Å². The number of benzene rings is 2. The Morgan fingerprint density at radius 3 is 2.48 bits per heavy atom. The Morgan fingerprint density at radius 2 is 1.74 bits per heavy atom. The van der Waals surface area contributed by atoms with Crippen LogP contribution in [0.15, 0.2) is 48.2 Å². The summed E-state index contributed by atoms with van der Waals surface area (Å²) in [6.45, 7) is 10.5. The highest BCUT2D eigenvalue weighted by atomic mass is 16.2. The van der Waals surface area contributed by atoms with Gasteiger partial charge in [0.05, 0.1) is 0 Å². The van der Waals surface area contributed by atoms with E-state index >= 15 is 0 Å². The molecule has 3 N–H and O–H groups in total. The van der Waals surface area contributed by atoms with Crippen LogP contribution in [-0.2, 0) is 9.59 Å². The van der Waals surface area contributed by atoms with E-state index < -0.39 is 0 Å². The minimum absolute atomic E-state index is 0.0108. The summed E-state index contributed by atoms with van der Waals surface area (Å²) >= 11 is 0. The maximum Gasteiger partial charge on any atom is 0.246 e.